The van der Waals surface area contributed by atoms with Gasteiger partial charge in [0.2, 0.25) is 11.8 Å². The Kier molecular flexibility index (Phi) is 6.26. The van der Waals surface area contributed by atoms with E-state index in [1.807, 2.05) is 11.0 Å². The molecular formula is C21H28FN3O2. The Morgan fingerprint density at radius 3 is 2.41 bits per heavy atom. The molecule has 0 spiro atoms. The molecule has 3 rings (SSSR count). The molecule has 2 fully saturated rings. The minimum Gasteiger partial charge on any atom is -0.340 e. The minimum atomic E-state index is -0.285. The number of hydrogen-bond donors (Lipinski definition) is 0. The normalized spacial score (nSPS) is 23.9. The molecule has 2 atom stereocenters. The summed E-state index contributed by atoms with van der Waals surface area (Å²) in [5.74, 6) is -0.334. The number of benzene rings is 1. The third-order valence-electron chi connectivity index (χ3n) is 5.66. The van der Waals surface area contributed by atoms with Gasteiger partial charge in [-0.2, -0.15) is 0 Å². The fourth-order valence-electron chi connectivity index (χ4n) is 4.14. The molecule has 0 radical (unpaired) electrons. The lowest BCUT2D eigenvalue weighted by Gasteiger charge is -2.42. The summed E-state index contributed by atoms with van der Waals surface area (Å²) in [5.41, 5.74) is 0.926. The van der Waals surface area contributed by atoms with E-state index in [-0.39, 0.29) is 29.6 Å². The number of hydrogen-bond acceptors (Lipinski definition) is 3. The second-order valence-corrected chi connectivity index (χ2v) is 7.43. The molecule has 27 heavy (non-hydrogen) atoms. The van der Waals surface area contributed by atoms with Gasteiger partial charge in [0, 0.05) is 46.2 Å². The standard InChI is InChI=1S/C21H28FN3O2/c1-3-10-23-11-13-24(14-12-23)21(27)18-6-9-20(25(15-18)16(2)26)17-4-7-19(22)8-5-17/h3-5,7-8,18,20H,1,6,9-15H2,2H3. The Hall–Kier alpha value is -2.21. The van der Waals surface area contributed by atoms with Crippen molar-refractivity contribution in [1.29, 1.82) is 0 Å². The molecule has 2 aliphatic heterocycles. The van der Waals surface area contributed by atoms with Crippen molar-refractivity contribution in [2.24, 2.45) is 5.92 Å². The first-order valence-corrected chi connectivity index (χ1v) is 9.64. The van der Waals surface area contributed by atoms with E-state index >= 15 is 0 Å². The zero-order chi connectivity index (χ0) is 19.4. The van der Waals surface area contributed by atoms with E-state index in [0.717, 1.165) is 51.1 Å². The SMILES string of the molecule is C=CCN1CCN(C(=O)C2CCC(c3ccc(F)cc3)N(C(C)=O)C2)CC1. The smallest absolute Gasteiger partial charge is 0.227 e. The molecule has 0 saturated carbocycles. The maximum atomic E-state index is 13.2. The van der Waals surface area contributed by atoms with E-state index < -0.39 is 0 Å². The maximum absolute atomic E-state index is 13.2. The Bertz CT molecular complexity index is 683. The van der Waals surface area contributed by atoms with Gasteiger partial charge in [0.05, 0.1) is 12.0 Å². The number of amides is 2. The molecular weight excluding hydrogens is 345 g/mol. The highest BCUT2D eigenvalue weighted by Gasteiger charge is 2.36. The summed E-state index contributed by atoms with van der Waals surface area (Å²) in [7, 11) is 0. The van der Waals surface area contributed by atoms with Crippen LogP contribution >= 0.6 is 0 Å². The molecule has 6 heteroatoms. The van der Waals surface area contributed by atoms with Crippen molar-refractivity contribution < 1.29 is 14.0 Å². The molecule has 5 nitrogen and oxygen atoms in total. The minimum absolute atomic E-state index is 0.0439. The Morgan fingerprint density at radius 1 is 1.15 bits per heavy atom. The lowest BCUT2D eigenvalue weighted by atomic mass is 9.88. The number of piperazine rings is 1. The molecule has 2 aliphatic rings. The predicted octanol–water partition coefficient (Wildman–Crippen LogP) is 2.46. The number of nitrogens with zero attached hydrogens (tertiary/aromatic N) is 3. The molecule has 146 valence electrons. The van der Waals surface area contributed by atoms with Crippen molar-refractivity contribution in [2.45, 2.75) is 25.8 Å². The van der Waals surface area contributed by atoms with Gasteiger partial charge >= 0.3 is 0 Å². The lowest BCUT2D eigenvalue weighted by Crippen LogP contribution is -2.53. The Labute approximate surface area is 160 Å². The second-order valence-electron chi connectivity index (χ2n) is 7.43. The van der Waals surface area contributed by atoms with Crippen LogP contribution in [0.25, 0.3) is 0 Å². The highest BCUT2D eigenvalue weighted by atomic mass is 19.1. The molecule has 2 saturated heterocycles. The van der Waals surface area contributed by atoms with Crippen LogP contribution in [0.3, 0.4) is 0 Å². The highest BCUT2D eigenvalue weighted by Crippen LogP contribution is 2.34. The number of likely N-dealkylation sites (tertiary alicyclic amines) is 1. The molecule has 0 aliphatic carbocycles. The summed E-state index contributed by atoms with van der Waals surface area (Å²) in [6.07, 6.45) is 3.36. The third-order valence-corrected chi connectivity index (χ3v) is 5.66. The second kappa shape index (κ2) is 8.65. The largest absolute Gasteiger partial charge is 0.340 e. The van der Waals surface area contributed by atoms with Crippen molar-refractivity contribution in [3.8, 4) is 0 Å². The third kappa shape index (κ3) is 4.56. The summed E-state index contributed by atoms with van der Waals surface area (Å²) in [4.78, 5) is 31.2. The van der Waals surface area contributed by atoms with E-state index in [1.54, 1.807) is 17.0 Å². The van der Waals surface area contributed by atoms with Crippen LogP contribution in [-0.2, 0) is 9.59 Å². The molecule has 2 unspecified atom stereocenters. The summed E-state index contributed by atoms with van der Waals surface area (Å²) in [6, 6.07) is 6.23. The van der Waals surface area contributed by atoms with Crippen LogP contribution in [-0.4, -0.2) is 65.8 Å². The first-order valence-electron chi connectivity index (χ1n) is 9.64. The van der Waals surface area contributed by atoms with Crippen molar-refractivity contribution in [3.63, 3.8) is 0 Å². The Balaban J connectivity index is 1.64. The predicted molar refractivity (Wildman–Crippen MR) is 102 cm³/mol. The van der Waals surface area contributed by atoms with Crippen molar-refractivity contribution in [3.05, 3.63) is 48.3 Å². The number of piperidine rings is 1. The van der Waals surface area contributed by atoms with Gasteiger partial charge < -0.3 is 9.80 Å². The molecule has 0 aromatic heterocycles. The fraction of sp³-hybridized carbons (Fsp3) is 0.524. The highest BCUT2D eigenvalue weighted by molar-refractivity contribution is 5.81. The van der Waals surface area contributed by atoms with Crippen LogP contribution in [0.5, 0.6) is 0 Å². The van der Waals surface area contributed by atoms with E-state index in [1.165, 1.54) is 19.1 Å². The van der Waals surface area contributed by atoms with Crippen molar-refractivity contribution in [1.82, 2.24) is 14.7 Å². The summed E-state index contributed by atoms with van der Waals surface area (Å²) < 4.78 is 13.2. The monoisotopic (exact) mass is 373 g/mol. The van der Waals surface area contributed by atoms with Gasteiger partial charge in [-0.15, -0.1) is 6.58 Å². The first kappa shape index (κ1) is 19.5. The van der Waals surface area contributed by atoms with Crippen LogP contribution in [0.2, 0.25) is 0 Å². The lowest BCUT2D eigenvalue weighted by molar-refractivity contribution is -0.143. The van der Waals surface area contributed by atoms with Crippen molar-refractivity contribution in [2.75, 3.05) is 39.3 Å². The number of rotatable bonds is 4. The zero-order valence-electron chi connectivity index (χ0n) is 15.9. The summed E-state index contributed by atoms with van der Waals surface area (Å²) in [6.45, 7) is 9.76. The average Bonchev–Trinajstić information content (AvgIpc) is 2.68. The quantitative estimate of drug-likeness (QED) is 0.762. The maximum Gasteiger partial charge on any atom is 0.227 e. The number of carbonyl (C=O) groups excluding carboxylic acids is 2. The molecule has 2 amide bonds. The van der Waals surface area contributed by atoms with Gasteiger partial charge in [0.1, 0.15) is 5.82 Å². The van der Waals surface area contributed by atoms with E-state index in [0.29, 0.717) is 6.54 Å². The molecule has 2 heterocycles. The van der Waals surface area contributed by atoms with E-state index in [9.17, 15) is 14.0 Å². The number of halogens is 1. The average molecular weight is 373 g/mol. The van der Waals surface area contributed by atoms with Crippen molar-refractivity contribution >= 4 is 11.8 Å². The molecule has 1 aromatic rings. The zero-order valence-corrected chi connectivity index (χ0v) is 15.9. The first-order chi connectivity index (χ1) is 13.0. The van der Waals surface area contributed by atoms with Crippen LogP contribution in [0.4, 0.5) is 4.39 Å². The van der Waals surface area contributed by atoms with Crippen LogP contribution in [0, 0.1) is 11.7 Å². The van der Waals surface area contributed by atoms with Crippen LogP contribution in [0.1, 0.15) is 31.4 Å². The van der Waals surface area contributed by atoms with Gasteiger partial charge in [-0.05, 0) is 30.5 Å². The molecule has 0 N–H and O–H groups in total. The molecule has 0 bridgehead atoms. The summed E-state index contributed by atoms with van der Waals surface area (Å²) in [5, 5.41) is 0. The number of carbonyl (C=O) groups is 2. The Morgan fingerprint density at radius 2 is 1.81 bits per heavy atom. The van der Waals surface area contributed by atoms with Crippen LogP contribution in [0.15, 0.2) is 36.9 Å². The van der Waals surface area contributed by atoms with Gasteiger partial charge in [-0.25, -0.2) is 4.39 Å². The van der Waals surface area contributed by atoms with Gasteiger partial charge in [-0.3, -0.25) is 14.5 Å². The van der Waals surface area contributed by atoms with Crippen LogP contribution < -0.4 is 0 Å². The fourth-order valence-corrected chi connectivity index (χ4v) is 4.14. The van der Waals surface area contributed by atoms with E-state index in [2.05, 4.69) is 11.5 Å². The van der Waals surface area contributed by atoms with E-state index in [4.69, 9.17) is 0 Å². The summed E-state index contributed by atoms with van der Waals surface area (Å²) >= 11 is 0. The van der Waals surface area contributed by atoms with Gasteiger partial charge in [0.25, 0.3) is 0 Å². The van der Waals surface area contributed by atoms with Gasteiger partial charge in [-0.1, -0.05) is 18.2 Å². The topological polar surface area (TPSA) is 43.9 Å². The molecule has 1 aromatic carbocycles. The van der Waals surface area contributed by atoms with Gasteiger partial charge in [0.15, 0.2) is 0 Å².